The summed E-state index contributed by atoms with van der Waals surface area (Å²) in [6.45, 7) is -0.140. The molecule has 0 bridgehead atoms. The molecule has 2 N–H and O–H groups in total. The van der Waals surface area contributed by atoms with Gasteiger partial charge in [0.15, 0.2) is 0 Å². The van der Waals surface area contributed by atoms with Crippen LogP contribution in [0.4, 0.5) is 0 Å². The summed E-state index contributed by atoms with van der Waals surface area (Å²) in [5.74, 6) is -0.247. The number of fused-ring (bicyclic) bond motifs is 3. The minimum atomic E-state index is -0.407. The van der Waals surface area contributed by atoms with E-state index >= 15 is 0 Å². The van der Waals surface area contributed by atoms with Crippen LogP contribution in [-0.4, -0.2) is 26.8 Å². The highest BCUT2D eigenvalue weighted by molar-refractivity contribution is 7.18. The standard InChI is InChI=1S/C18H16N4O3S/c23-12-6-4-11(5-7-12)8-20-21-15(24)9-22-10-19-17-16(18(22)25)13-2-1-3-14(13)26-17/h4-8,10,23H,1-3,9H2,(H,21,24)/b20-8+. The van der Waals surface area contributed by atoms with Crippen LogP contribution in [0.5, 0.6) is 5.75 Å². The maximum Gasteiger partial charge on any atom is 0.262 e. The van der Waals surface area contributed by atoms with E-state index in [-0.39, 0.29) is 17.9 Å². The van der Waals surface area contributed by atoms with Crippen LogP contribution in [0.15, 0.2) is 40.5 Å². The summed E-state index contributed by atoms with van der Waals surface area (Å²) in [6, 6.07) is 6.40. The van der Waals surface area contributed by atoms with Crippen LogP contribution in [0.3, 0.4) is 0 Å². The van der Waals surface area contributed by atoms with Crippen LogP contribution >= 0.6 is 11.3 Å². The largest absolute Gasteiger partial charge is 0.508 e. The number of carbonyl (C=O) groups is 1. The lowest BCUT2D eigenvalue weighted by Gasteiger charge is -2.04. The monoisotopic (exact) mass is 368 g/mol. The van der Waals surface area contributed by atoms with E-state index in [2.05, 4.69) is 15.5 Å². The minimum Gasteiger partial charge on any atom is -0.508 e. The van der Waals surface area contributed by atoms with Crippen LogP contribution < -0.4 is 11.0 Å². The van der Waals surface area contributed by atoms with Gasteiger partial charge >= 0.3 is 0 Å². The van der Waals surface area contributed by atoms with Crippen molar-refractivity contribution in [1.29, 1.82) is 0 Å². The Kier molecular flexibility index (Phi) is 4.26. The number of phenols is 1. The fraction of sp³-hybridized carbons (Fsp3) is 0.222. The third-order valence-corrected chi connectivity index (χ3v) is 5.50. The Morgan fingerprint density at radius 3 is 2.96 bits per heavy atom. The Morgan fingerprint density at radius 2 is 2.15 bits per heavy atom. The smallest absolute Gasteiger partial charge is 0.262 e. The van der Waals surface area contributed by atoms with Gasteiger partial charge < -0.3 is 5.11 Å². The molecule has 0 saturated heterocycles. The van der Waals surface area contributed by atoms with Crippen molar-refractivity contribution in [3.05, 3.63) is 57.0 Å². The molecule has 132 valence electrons. The molecule has 3 aromatic rings. The molecule has 1 amide bonds. The van der Waals surface area contributed by atoms with E-state index in [0.29, 0.717) is 5.39 Å². The predicted molar refractivity (Wildman–Crippen MR) is 99.7 cm³/mol. The lowest BCUT2D eigenvalue weighted by Crippen LogP contribution is -2.30. The van der Waals surface area contributed by atoms with Crippen LogP contribution in [0.25, 0.3) is 10.2 Å². The number of aromatic hydroxyl groups is 1. The zero-order valence-corrected chi connectivity index (χ0v) is 14.6. The van der Waals surface area contributed by atoms with E-state index in [0.717, 1.165) is 35.2 Å². The van der Waals surface area contributed by atoms with Crippen molar-refractivity contribution >= 4 is 33.7 Å². The number of hydrogen-bond donors (Lipinski definition) is 2. The molecule has 1 aliphatic rings. The molecule has 1 aliphatic carbocycles. The first-order chi connectivity index (χ1) is 12.6. The molecular formula is C18H16N4O3S. The van der Waals surface area contributed by atoms with Gasteiger partial charge in [-0.15, -0.1) is 11.3 Å². The Balaban J connectivity index is 1.48. The lowest BCUT2D eigenvalue weighted by molar-refractivity contribution is -0.121. The lowest BCUT2D eigenvalue weighted by atomic mass is 10.2. The predicted octanol–water partition coefficient (Wildman–Crippen LogP) is 1.80. The van der Waals surface area contributed by atoms with Gasteiger partial charge in [-0.05, 0) is 54.7 Å². The van der Waals surface area contributed by atoms with Crippen LogP contribution in [0.2, 0.25) is 0 Å². The van der Waals surface area contributed by atoms with Crippen LogP contribution in [-0.2, 0) is 24.2 Å². The second kappa shape index (κ2) is 6.72. The van der Waals surface area contributed by atoms with E-state index in [1.165, 1.54) is 34.1 Å². The van der Waals surface area contributed by atoms with Crippen molar-refractivity contribution in [1.82, 2.24) is 15.0 Å². The molecule has 0 saturated carbocycles. The number of rotatable bonds is 4. The zero-order chi connectivity index (χ0) is 18.1. The molecule has 0 unspecified atom stereocenters. The Labute approximate surface area is 152 Å². The molecule has 0 spiro atoms. The number of carbonyl (C=O) groups excluding carboxylic acids is 1. The highest BCUT2D eigenvalue weighted by Crippen LogP contribution is 2.34. The van der Waals surface area contributed by atoms with E-state index in [1.54, 1.807) is 23.5 Å². The van der Waals surface area contributed by atoms with E-state index in [1.807, 2.05) is 0 Å². The molecule has 4 rings (SSSR count). The molecule has 0 atom stereocenters. The van der Waals surface area contributed by atoms with E-state index in [9.17, 15) is 14.7 Å². The van der Waals surface area contributed by atoms with Gasteiger partial charge in [-0.3, -0.25) is 14.2 Å². The number of nitrogens with one attached hydrogen (secondary N) is 1. The van der Waals surface area contributed by atoms with Crippen LogP contribution in [0, 0.1) is 0 Å². The molecule has 0 radical (unpaired) electrons. The fourth-order valence-electron chi connectivity index (χ4n) is 3.06. The summed E-state index contributed by atoms with van der Waals surface area (Å²) in [4.78, 5) is 31.1. The van der Waals surface area contributed by atoms with Gasteiger partial charge in [0.1, 0.15) is 17.1 Å². The third kappa shape index (κ3) is 3.11. The number of hydrazone groups is 1. The Hall–Kier alpha value is -3.00. The molecule has 26 heavy (non-hydrogen) atoms. The molecule has 1 aromatic carbocycles. The van der Waals surface area contributed by atoms with Crippen molar-refractivity contribution in [3.63, 3.8) is 0 Å². The maximum atomic E-state index is 12.7. The topological polar surface area (TPSA) is 96.6 Å². The van der Waals surface area contributed by atoms with Gasteiger partial charge in [-0.1, -0.05) is 0 Å². The van der Waals surface area contributed by atoms with Gasteiger partial charge in [0, 0.05) is 4.88 Å². The number of nitrogens with zero attached hydrogens (tertiary/aromatic N) is 3. The van der Waals surface area contributed by atoms with Crippen molar-refractivity contribution in [2.24, 2.45) is 5.10 Å². The average Bonchev–Trinajstić information content (AvgIpc) is 3.20. The first kappa shape index (κ1) is 16.5. The number of aromatic nitrogens is 2. The zero-order valence-electron chi connectivity index (χ0n) is 13.8. The highest BCUT2D eigenvalue weighted by atomic mass is 32.1. The third-order valence-electron chi connectivity index (χ3n) is 4.30. The number of hydrogen-bond acceptors (Lipinski definition) is 6. The molecule has 2 heterocycles. The summed E-state index contributed by atoms with van der Waals surface area (Å²) in [6.07, 6.45) is 5.85. The van der Waals surface area contributed by atoms with Crippen LogP contribution in [0.1, 0.15) is 22.4 Å². The van der Waals surface area contributed by atoms with Crippen molar-refractivity contribution in [2.75, 3.05) is 0 Å². The number of phenolic OH excluding ortho intramolecular Hbond substituents is 1. The first-order valence-corrected chi connectivity index (χ1v) is 9.04. The Bertz CT molecular complexity index is 1070. The number of amides is 1. The second-order valence-electron chi connectivity index (χ2n) is 6.10. The van der Waals surface area contributed by atoms with Gasteiger partial charge in [-0.25, -0.2) is 10.4 Å². The number of benzene rings is 1. The summed E-state index contributed by atoms with van der Waals surface area (Å²) in [5.41, 5.74) is 4.06. The summed E-state index contributed by atoms with van der Waals surface area (Å²) >= 11 is 1.57. The fourth-order valence-corrected chi connectivity index (χ4v) is 4.28. The maximum absolute atomic E-state index is 12.7. The first-order valence-electron chi connectivity index (χ1n) is 8.22. The molecular weight excluding hydrogens is 352 g/mol. The summed E-state index contributed by atoms with van der Waals surface area (Å²) in [5, 5.41) is 13.8. The number of thiophene rings is 1. The average molecular weight is 368 g/mol. The molecule has 2 aromatic heterocycles. The van der Waals surface area contributed by atoms with Gasteiger partial charge in [0.2, 0.25) is 0 Å². The van der Waals surface area contributed by atoms with Gasteiger partial charge in [0.25, 0.3) is 11.5 Å². The van der Waals surface area contributed by atoms with Crippen molar-refractivity contribution in [2.45, 2.75) is 25.8 Å². The van der Waals surface area contributed by atoms with Gasteiger partial charge in [0.05, 0.1) is 17.9 Å². The normalized spacial score (nSPS) is 13.4. The quantitative estimate of drug-likeness (QED) is 0.542. The SMILES string of the molecule is O=C(Cn1cnc2sc3c(c2c1=O)CCC3)N/N=C/c1ccc(O)cc1. The molecule has 8 heteroatoms. The highest BCUT2D eigenvalue weighted by Gasteiger charge is 2.21. The molecule has 0 aliphatic heterocycles. The van der Waals surface area contributed by atoms with E-state index in [4.69, 9.17) is 0 Å². The summed E-state index contributed by atoms with van der Waals surface area (Å²) < 4.78 is 1.32. The summed E-state index contributed by atoms with van der Waals surface area (Å²) in [7, 11) is 0. The van der Waals surface area contributed by atoms with E-state index < -0.39 is 5.91 Å². The number of aryl methyl sites for hydroxylation is 2. The van der Waals surface area contributed by atoms with Crippen molar-refractivity contribution in [3.8, 4) is 5.75 Å². The molecule has 0 fully saturated rings. The second-order valence-corrected chi connectivity index (χ2v) is 7.18. The van der Waals surface area contributed by atoms with Crippen molar-refractivity contribution < 1.29 is 9.90 Å². The minimum absolute atomic E-state index is 0.140. The Morgan fingerprint density at radius 1 is 1.35 bits per heavy atom. The van der Waals surface area contributed by atoms with Gasteiger partial charge in [-0.2, -0.15) is 5.10 Å². The molecule has 7 nitrogen and oxygen atoms in total.